The topological polar surface area (TPSA) is 272 Å². The zero-order valence-corrected chi connectivity index (χ0v) is 29.7. The van der Waals surface area contributed by atoms with E-state index in [-0.39, 0.29) is 27.3 Å². The van der Waals surface area contributed by atoms with Gasteiger partial charge in [-0.05, 0) is 72.8 Å². The molecule has 0 aliphatic carbocycles. The quantitative estimate of drug-likeness (QED) is 0.0517. The van der Waals surface area contributed by atoms with E-state index in [2.05, 4.69) is 4.84 Å². The minimum absolute atomic E-state index is 0.0193. The Bertz CT molecular complexity index is 2570. The second-order valence-electron chi connectivity index (χ2n) is 11.2. The number of benzene rings is 5. The van der Waals surface area contributed by atoms with Crippen LogP contribution in [0.3, 0.4) is 0 Å². The molecule has 5 rings (SSSR count). The van der Waals surface area contributed by atoms with Crippen molar-refractivity contribution in [2.24, 2.45) is 0 Å². The van der Waals surface area contributed by atoms with Gasteiger partial charge in [-0.15, -0.1) is 14.5 Å². The molecule has 20 nitrogen and oxygen atoms in total. The summed E-state index contributed by atoms with van der Waals surface area (Å²) in [5, 5.41) is 0. The summed E-state index contributed by atoms with van der Waals surface area (Å²) in [5.74, 6) is -6.20. The standard InChI is InChI=1S/C36H23N4O16S/c1-52-29-16-10-21(11-17-29)32(41)53-33(42)24-18-27(20-28(19-24)40(48)56-36(45)30-4-2-3-5-31(30)57(49,50)51)39(47)55-35(44)23-8-14-26(15-9-23)38(46)54-34(43)22-6-12-25(37)13-7-22/h2-20H,1H3,(H-2,37,43,49,50,51)/q+1/p+2. The minimum atomic E-state index is -4.97. The lowest BCUT2D eigenvalue weighted by molar-refractivity contribution is -0.719. The molecule has 0 spiro atoms. The van der Waals surface area contributed by atoms with E-state index in [1.54, 1.807) is 0 Å². The van der Waals surface area contributed by atoms with Crippen LogP contribution in [0.1, 0.15) is 51.8 Å². The fourth-order valence-electron chi connectivity index (χ4n) is 4.59. The van der Waals surface area contributed by atoms with E-state index in [1.807, 2.05) is 0 Å². The number of ether oxygens (including phenoxy) is 2. The largest absolute Gasteiger partial charge is 0.497 e. The lowest BCUT2D eigenvalue weighted by Gasteiger charge is -2.05. The van der Waals surface area contributed by atoms with Crippen LogP contribution in [0, 0.1) is 14.7 Å². The second kappa shape index (κ2) is 17.0. The highest BCUT2D eigenvalue weighted by Gasteiger charge is 2.34. The zero-order chi connectivity index (χ0) is 41.4. The first-order chi connectivity index (χ1) is 27.0. The highest BCUT2D eigenvalue weighted by molar-refractivity contribution is 7.86. The van der Waals surface area contributed by atoms with E-state index in [4.69, 9.17) is 24.9 Å². The van der Waals surface area contributed by atoms with Gasteiger partial charge in [-0.1, -0.05) is 12.1 Å². The van der Waals surface area contributed by atoms with Crippen molar-refractivity contribution in [2.45, 2.75) is 4.90 Å². The first-order valence-electron chi connectivity index (χ1n) is 15.7. The van der Waals surface area contributed by atoms with Crippen LogP contribution < -0.4 is 10.5 Å². The van der Waals surface area contributed by atoms with Crippen molar-refractivity contribution in [1.29, 1.82) is 0 Å². The molecular weight excluding hydrogens is 776 g/mol. The summed E-state index contributed by atoms with van der Waals surface area (Å²) < 4.78 is 42.9. The number of nitrogens with zero attached hydrogens (tertiary/aromatic N) is 3. The van der Waals surface area contributed by atoms with Gasteiger partial charge in [0.05, 0.1) is 49.6 Å². The van der Waals surface area contributed by atoms with Gasteiger partial charge < -0.3 is 15.2 Å². The van der Waals surface area contributed by atoms with Crippen molar-refractivity contribution in [3.05, 3.63) is 158 Å². The van der Waals surface area contributed by atoms with Crippen molar-refractivity contribution >= 4 is 62.7 Å². The Morgan fingerprint density at radius 2 is 0.982 bits per heavy atom. The van der Waals surface area contributed by atoms with Gasteiger partial charge in [-0.25, -0.2) is 24.0 Å². The normalized spacial score (nSPS) is 10.7. The number of methoxy groups -OCH3 is 1. The highest BCUT2D eigenvalue weighted by atomic mass is 32.2. The van der Waals surface area contributed by atoms with Crippen molar-refractivity contribution in [3.63, 3.8) is 0 Å². The molecule has 0 saturated heterocycles. The molecule has 0 saturated carbocycles. The van der Waals surface area contributed by atoms with Gasteiger partial charge in [0, 0.05) is 30.0 Å². The Hall–Kier alpha value is -8.04. The Morgan fingerprint density at radius 1 is 0.544 bits per heavy atom. The lowest BCUT2D eigenvalue weighted by Crippen LogP contribution is -2.17. The van der Waals surface area contributed by atoms with Gasteiger partial charge >= 0.3 is 46.9 Å². The van der Waals surface area contributed by atoms with Gasteiger partial charge in [0.15, 0.2) is 0 Å². The molecule has 0 bridgehead atoms. The molecule has 5 aromatic rings. The minimum Gasteiger partial charge on any atom is -0.497 e. The Balaban J connectivity index is 1.37. The Morgan fingerprint density at radius 3 is 1.51 bits per heavy atom. The predicted molar refractivity (Wildman–Crippen MR) is 189 cm³/mol. The van der Waals surface area contributed by atoms with Crippen LogP contribution >= 0.6 is 0 Å². The molecule has 0 aliphatic heterocycles. The molecule has 288 valence electrons. The van der Waals surface area contributed by atoms with E-state index >= 15 is 0 Å². The van der Waals surface area contributed by atoms with E-state index in [1.165, 1.54) is 67.8 Å². The smallest absolute Gasteiger partial charge is 0.418 e. The number of rotatable bonds is 13. The molecule has 21 heteroatoms. The van der Waals surface area contributed by atoms with Crippen molar-refractivity contribution in [2.75, 3.05) is 12.8 Å². The van der Waals surface area contributed by atoms with Crippen LogP contribution in [-0.2, 0) is 29.4 Å². The van der Waals surface area contributed by atoms with Crippen molar-refractivity contribution < 1.29 is 75.7 Å². The molecule has 0 aromatic heterocycles. The van der Waals surface area contributed by atoms with E-state index in [0.29, 0.717) is 23.6 Å². The third kappa shape index (κ3) is 9.94. The molecule has 57 heavy (non-hydrogen) atoms. The van der Waals surface area contributed by atoms with Crippen LogP contribution in [-0.4, -0.2) is 64.7 Å². The first-order valence-corrected chi connectivity index (χ1v) is 17.1. The number of hydrogen-bond acceptors (Lipinski definition) is 16. The number of nitrogens with two attached hydrogens (primary N) is 1. The second-order valence-corrected chi connectivity index (χ2v) is 12.6. The van der Waals surface area contributed by atoms with Crippen LogP contribution in [0.15, 0.2) is 120 Å². The van der Waals surface area contributed by atoms with Gasteiger partial charge in [0.1, 0.15) is 16.7 Å². The van der Waals surface area contributed by atoms with Crippen LogP contribution in [0.5, 0.6) is 5.75 Å². The molecule has 5 aromatic carbocycles. The number of carbonyl (C=O) groups excluding carboxylic acids is 5. The molecule has 0 radical (unpaired) electrons. The zero-order valence-electron chi connectivity index (χ0n) is 28.9. The molecule has 0 atom stereocenters. The SMILES string of the molecule is COc1ccc(C(=O)OC(=O)c2cc([N+](=O)OC(=O)c3ccc([N+](=O)OC(=O)c4ccc(N)cc4)cc3)cc([N+](=O)OC(=O)c3ccccc3S(=O)(=O)O)c2)cc1. The average Bonchev–Trinajstić information content (AvgIpc) is 3.20. The van der Waals surface area contributed by atoms with Crippen molar-refractivity contribution in [1.82, 2.24) is 0 Å². The summed E-state index contributed by atoms with van der Waals surface area (Å²) in [6, 6.07) is 21.2. The molecule has 0 unspecified atom stereocenters. The van der Waals surface area contributed by atoms with Gasteiger partial charge in [-0.2, -0.15) is 8.42 Å². The summed E-state index contributed by atoms with van der Waals surface area (Å²) in [6.45, 7) is 0. The van der Waals surface area contributed by atoms with Gasteiger partial charge in [0.2, 0.25) is 0 Å². The van der Waals surface area contributed by atoms with E-state index in [9.17, 15) is 51.7 Å². The van der Waals surface area contributed by atoms with Crippen LogP contribution in [0.2, 0.25) is 0 Å². The molecule has 0 aliphatic rings. The summed E-state index contributed by atoms with van der Waals surface area (Å²) >= 11 is 0. The number of anilines is 1. The maximum Gasteiger partial charge on any atom is 0.418 e. The van der Waals surface area contributed by atoms with Gasteiger partial charge in [0.25, 0.3) is 24.9 Å². The lowest BCUT2D eigenvalue weighted by atomic mass is 10.1. The summed E-state index contributed by atoms with van der Waals surface area (Å²) in [7, 11) is -3.59. The number of esters is 2. The average molecular weight is 802 g/mol. The molecule has 3 N–H and O–H groups in total. The summed E-state index contributed by atoms with van der Waals surface area (Å²) in [5.41, 5.74) is 2.22. The van der Waals surface area contributed by atoms with E-state index in [0.717, 1.165) is 42.5 Å². The van der Waals surface area contributed by atoms with E-state index < -0.39 is 77.2 Å². The number of hydrogen-bond donors (Lipinski definition) is 2. The Labute approximate surface area is 319 Å². The third-order valence-electron chi connectivity index (χ3n) is 7.41. The predicted octanol–water partition coefficient (Wildman–Crippen LogP) is 5.07. The third-order valence-corrected chi connectivity index (χ3v) is 8.33. The molecule has 0 amide bonds. The monoisotopic (exact) mass is 801 g/mol. The fraction of sp³-hybridized carbons (Fsp3) is 0.0278. The van der Waals surface area contributed by atoms with Crippen LogP contribution in [0.4, 0.5) is 22.7 Å². The molecular formula is C36H25N4O16S+3. The number of nitrogen functional groups attached to an aromatic ring is 1. The molecule has 0 fully saturated rings. The first kappa shape index (κ1) is 40.2. The van der Waals surface area contributed by atoms with Crippen molar-refractivity contribution in [3.8, 4) is 5.75 Å². The maximum absolute atomic E-state index is 13.1. The maximum atomic E-state index is 13.1. The molecule has 0 heterocycles. The summed E-state index contributed by atoms with van der Waals surface area (Å²) in [6.07, 6.45) is 0. The Kier molecular flexibility index (Phi) is 11.9. The summed E-state index contributed by atoms with van der Waals surface area (Å²) in [4.78, 5) is 115. The number of carbonyl (C=O) groups is 5. The highest BCUT2D eigenvalue weighted by Crippen LogP contribution is 2.27. The van der Waals surface area contributed by atoms with Gasteiger partial charge in [-0.3, -0.25) is 4.55 Å². The fourth-order valence-corrected chi connectivity index (χ4v) is 5.27. The van der Waals surface area contributed by atoms with Crippen LogP contribution in [0.25, 0.3) is 0 Å².